The second-order valence-electron chi connectivity index (χ2n) is 4.51. The molecule has 19 heavy (non-hydrogen) atoms. The molecule has 0 saturated carbocycles. The van der Waals surface area contributed by atoms with Gasteiger partial charge in [0.1, 0.15) is 11.4 Å². The number of carbonyl (C=O) groups is 1. The molecule has 0 aliphatic heterocycles. The third kappa shape index (κ3) is 3.19. The molecule has 2 heterocycles. The maximum Gasteiger partial charge on any atom is 0.180 e. The van der Waals surface area contributed by atoms with Crippen molar-refractivity contribution in [3.05, 3.63) is 36.4 Å². The first kappa shape index (κ1) is 13.3. The second-order valence-corrected chi connectivity index (χ2v) is 4.51. The van der Waals surface area contributed by atoms with Crippen molar-refractivity contribution in [1.82, 2.24) is 14.8 Å². The third-order valence-corrected chi connectivity index (χ3v) is 2.69. The highest BCUT2D eigenvalue weighted by molar-refractivity contribution is 5.93. The number of carbonyl (C=O) groups excluding carboxylic acids is 1. The third-order valence-electron chi connectivity index (χ3n) is 2.69. The van der Waals surface area contributed by atoms with Crippen molar-refractivity contribution in [2.45, 2.75) is 33.2 Å². The highest BCUT2D eigenvalue weighted by Crippen LogP contribution is 2.21. The number of hydrogen-bond acceptors (Lipinski definition) is 4. The first-order valence-electron chi connectivity index (χ1n) is 6.31. The fourth-order valence-electron chi connectivity index (χ4n) is 1.58. The second kappa shape index (κ2) is 5.65. The van der Waals surface area contributed by atoms with Crippen molar-refractivity contribution in [2.75, 3.05) is 0 Å². The van der Waals surface area contributed by atoms with Gasteiger partial charge in [-0.2, -0.15) is 5.10 Å². The van der Waals surface area contributed by atoms with Crippen LogP contribution in [0.4, 0.5) is 0 Å². The van der Waals surface area contributed by atoms with Gasteiger partial charge in [0.2, 0.25) is 0 Å². The smallest absolute Gasteiger partial charge is 0.180 e. The normalized spacial score (nSPS) is 10.7. The molecule has 5 nitrogen and oxygen atoms in total. The van der Waals surface area contributed by atoms with Crippen LogP contribution in [0.1, 0.15) is 43.7 Å². The Morgan fingerprint density at radius 2 is 2.11 bits per heavy atom. The summed E-state index contributed by atoms with van der Waals surface area (Å²) in [6.45, 7) is 5.90. The highest BCUT2D eigenvalue weighted by atomic mass is 16.5. The number of Topliss-reactive ketones (excluding diaryl/α,β-unsaturated/α-hetero) is 1. The van der Waals surface area contributed by atoms with Crippen LogP contribution < -0.4 is 4.74 Å². The Labute approximate surface area is 112 Å². The largest absolute Gasteiger partial charge is 0.452 e. The summed E-state index contributed by atoms with van der Waals surface area (Å²) in [7, 11) is 0. The molecule has 0 atom stereocenters. The number of aromatic nitrogens is 3. The minimum absolute atomic E-state index is 0.0270. The SMILES string of the molecule is CCC(=O)c1ccc(Oc2cnn(C(C)C)c2)cn1. The zero-order valence-electron chi connectivity index (χ0n) is 11.3. The highest BCUT2D eigenvalue weighted by Gasteiger charge is 2.07. The van der Waals surface area contributed by atoms with Crippen LogP contribution in [0.15, 0.2) is 30.7 Å². The van der Waals surface area contributed by atoms with E-state index in [4.69, 9.17) is 4.74 Å². The molecule has 0 saturated heterocycles. The van der Waals surface area contributed by atoms with Crippen LogP contribution in [0.3, 0.4) is 0 Å². The molecular weight excluding hydrogens is 242 g/mol. The summed E-state index contributed by atoms with van der Waals surface area (Å²) in [5.74, 6) is 1.28. The first-order chi connectivity index (χ1) is 9.10. The van der Waals surface area contributed by atoms with Gasteiger partial charge >= 0.3 is 0 Å². The molecule has 0 amide bonds. The van der Waals surface area contributed by atoms with E-state index in [0.717, 1.165) is 0 Å². The predicted molar refractivity (Wildman–Crippen MR) is 71.5 cm³/mol. The molecule has 0 N–H and O–H groups in total. The quantitative estimate of drug-likeness (QED) is 0.773. The number of ether oxygens (including phenoxy) is 1. The molecule has 0 spiro atoms. The number of ketones is 1. The molecule has 5 heteroatoms. The molecule has 100 valence electrons. The van der Waals surface area contributed by atoms with Gasteiger partial charge in [-0.15, -0.1) is 0 Å². The minimum atomic E-state index is 0.0270. The molecule has 0 fully saturated rings. The van der Waals surface area contributed by atoms with E-state index in [-0.39, 0.29) is 5.78 Å². The summed E-state index contributed by atoms with van der Waals surface area (Å²) in [5.41, 5.74) is 0.465. The van der Waals surface area contributed by atoms with Crippen LogP contribution in [-0.2, 0) is 0 Å². The average molecular weight is 259 g/mol. The van der Waals surface area contributed by atoms with Gasteiger partial charge in [-0.1, -0.05) is 6.92 Å². The molecule has 2 rings (SSSR count). The lowest BCUT2D eigenvalue weighted by atomic mass is 10.2. The monoisotopic (exact) mass is 259 g/mol. The van der Waals surface area contributed by atoms with Crippen LogP contribution >= 0.6 is 0 Å². The molecule has 0 bridgehead atoms. The number of nitrogens with zero attached hydrogens (tertiary/aromatic N) is 3. The molecular formula is C14H17N3O2. The van der Waals surface area contributed by atoms with Crippen LogP contribution in [0.2, 0.25) is 0 Å². The lowest BCUT2D eigenvalue weighted by Gasteiger charge is -2.04. The maximum absolute atomic E-state index is 11.4. The van der Waals surface area contributed by atoms with Gasteiger partial charge in [0.25, 0.3) is 0 Å². The van der Waals surface area contributed by atoms with Gasteiger partial charge in [-0.25, -0.2) is 4.98 Å². The van der Waals surface area contributed by atoms with Gasteiger partial charge in [0, 0.05) is 12.5 Å². The summed E-state index contributed by atoms with van der Waals surface area (Å²) in [6, 6.07) is 3.71. The van der Waals surface area contributed by atoms with E-state index in [0.29, 0.717) is 29.7 Å². The van der Waals surface area contributed by atoms with Crippen molar-refractivity contribution in [2.24, 2.45) is 0 Å². The lowest BCUT2D eigenvalue weighted by molar-refractivity contribution is 0.0983. The van der Waals surface area contributed by atoms with Crippen LogP contribution in [0.5, 0.6) is 11.5 Å². The number of rotatable bonds is 5. The van der Waals surface area contributed by atoms with E-state index in [1.807, 2.05) is 31.6 Å². The molecule has 0 radical (unpaired) electrons. The Balaban J connectivity index is 2.08. The predicted octanol–water partition coefficient (Wildman–Crippen LogP) is 3.24. The first-order valence-corrected chi connectivity index (χ1v) is 6.31. The van der Waals surface area contributed by atoms with Crippen LogP contribution in [-0.4, -0.2) is 20.5 Å². The fourth-order valence-corrected chi connectivity index (χ4v) is 1.58. The summed E-state index contributed by atoms with van der Waals surface area (Å²) in [4.78, 5) is 15.5. The van der Waals surface area contributed by atoms with E-state index < -0.39 is 0 Å². The van der Waals surface area contributed by atoms with Crippen molar-refractivity contribution in [3.63, 3.8) is 0 Å². The molecule has 0 aromatic carbocycles. The Hall–Kier alpha value is -2.17. The Kier molecular flexibility index (Phi) is 3.94. The Morgan fingerprint density at radius 1 is 1.32 bits per heavy atom. The van der Waals surface area contributed by atoms with Crippen LogP contribution in [0.25, 0.3) is 0 Å². The zero-order chi connectivity index (χ0) is 13.8. The number of pyridine rings is 1. The number of hydrogen-bond donors (Lipinski definition) is 0. The van der Waals surface area contributed by atoms with Crippen molar-refractivity contribution < 1.29 is 9.53 Å². The standard InChI is InChI=1S/C14H17N3O2/c1-4-14(18)13-6-5-11(7-15-13)19-12-8-16-17(9-12)10(2)3/h5-10H,4H2,1-3H3. The van der Waals surface area contributed by atoms with E-state index >= 15 is 0 Å². The van der Waals surface area contributed by atoms with Gasteiger partial charge in [0.15, 0.2) is 11.5 Å². The van der Waals surface area contributed by atoms with Gasteiger partial charge in [-0.05, 0) is 26.0 Å². The lowest BCUT2D eigenvalue weighted by Crippen LogP contribution is -2.00. The molecule has 0 unspecified atom stereocenters. The summed E-state index contributed by atoms with van der Waals surface area (Å²) < 4.78 is 7.44. The molecule has 0 aliphatic rings. The minimum Gasteiger partial charge on any atom is -0.452 e. The van der Waals surface area contributed by atoms with E-state index in [2.05, 4.69) is 10.1 Å². The topological polar surface area (TPSA) is 57.0 Å². The summed E-state index contributed by atoms with van der Waals surface area (Å²) >= 11 is 0. The van der Waals surface area contributed by atoms with Crippen LogP contribution in [0, 0.1) is 0 Å². The molecule has 0 aliphatic carbocycles. The van der Waals surface area contributed by atoms with E-state index in [1.54, 1.807) is 24.5 Å². The molecule has 2 aromatic rings. The summed E-state index contributed by atoms with van der Waals surface area (Å²) in [5, 5.41) is 4.19. The van der Waals surface area contributed by atoms with Gasteiger partial charge in [0.05, 0.1) is 18.6 Å². The Bertz CT molecular complexity index is 558. The van der Waals surface area contributed by atoms with Gasteiger partial charge in [-0.3, -0.25) is 9.48 Å². The fraction of sp³-hybridized carbons (Fsp3) is 0.357. The summed E-state index contributed by atoms with van der Waals surface area (Å²) in [6.07, 6.45) is 5.49. The van der Waals surface area contributed by atoms with Crippen molar-refractivity contribution in [3.8, 4) is 11.5 Å². The Morgan fingerprint density at radius 3 is 2.63 bits per heavy atom. The van der Waals surface area contributed by atoms with E-state index in [9.17, 15) is 4.79 Å². The zero-order valence-corrected chi connectivity index (χ0v) is 11.3. The average Bonchev–Trinajstić information content (AvgIpc) is 2.87. The van der Waals surface area contributed by atoms with Gasteiger partial charge < -0.3 is 4.74 Å². The van der Waals surface area contributed by atoms with Crippen molar-refractivity contribution >= 4 is 5.78 Å². The molecule has 2 aromatic heterocycles. The van der Waals surface area contributed by atoms with Crippen molar-refractivity contribution in [1.29, 1.82) is 0 Å². The maximum atomic E-state index is 11.4. The van der Waals surface area contributed by atoms with E-state index in [1.165, 1.54) is 0 Å².